The van der Waals surface area contributed by atoms with Crippen LogP contribution < -0.4 is 5.19 Å². The monoisotopic (exact) mass is 251 g/mol. The van der Waals surface area contributed by atoms with E-state index in [1.807, 2.05) is 44.2 Å². The molecule has 0 aromatic heterocycles. The summed E-state index contributed by atoms with van der Waals surface area (Å²) in [5.41, 5.74) is 0. The number of isocyanates is 1. The van der Waals surface area contributed by atoms with Gasteiger partial charge in [0.2, 0.25) is 6.08 Å². The highest BCUT2D eigenvalue weighted by molar-refractivity contribution is 6.81. The van der Waals surface area contributed by atoms with Crippen LogP contribution in [0.1, 0.15) is 13.8 Å². The SMILES string of the molecule is CCO[Si](CN=C=O)(OCC)c1ccccc1. The molecular weight excluding hydrogens is 234 g/mol. The third-order valence-electron chi connectivity index (χ3n) is 2.32. The van der Waals surface area contributed by atoms with Crippen LogP contribution in [0.5, 0.6) is 0 Å². The molecule has 0 aliphatic rings. The first-order valence-corrected chi connectivity index (χ1v) is 7.68. The van der Waals surface area contributed by atoms with Gasteiger partial charge in [0.05, 0.1) is 6.17 Å². The summed E-state index contributed by atoms with van der Waals surface area (Å²) in [4.78, 5) is 14.0. The Hall–Kier alpha value is -1.26. The van der Waals surface area contributed by atoms with Crippen molar-refractivity contribution < 1.29 is 13.6 Å². The second-order valence-electron chi connectivity index (χ2n) is 3.39. The second-order valence-corrected chi connectivity index (χ2v) is 6.37. The van der Waals surface area contributed by atoms with Crippen LogP contribution in [-0.4, -0.2) is 34.0 Å². The number of rotatable bonds is 7. The minimum atomic E-state index is -2.62. The topological polar surface area (TPSA) is 47.9 Å². The van der Waals surface area contributed by atoms with E-state index >= 15 is 0 Å². The first-order chi connectivity index (χ1) is 8.29. The van der Waals surface area contributed by atoms with E-state index in [9.17, 15) is 4.79 Å². The zero-order chi connectivity index (χ0) is 12.6. The van der Waals surface area contributed by atoms with E-state index in [-0.39, 0.29) is 6.17 Å². The minimum absolute atomic E-state index is 0.252. The van der Waals surface area contributed by atoms with Gasteiger partial charge in [-0.2, -0.15) is 0 Å². The highest BCUT2D eigenvalue weighted by Crippen LogP contribution is 2.09. The summed E-state index contributed by atoms with van der Waals surface area (Å²) < 4.78 is 11.6. The molecule has 0 atom stereocenters. The molecule has 0 saturated carbocycles. The molecule has 0 saturated heterocycles. The van der Waals surface area contributed by atoms with Gasteiger partial charge in [-0.05, 0) is 19.0 Å². The first kappa shape index (κ1) is 13.8. The maximum atomic E-state index is 10.3. The van der Waals surface area contributed by atoms with Gasteiger partial charge in [-0.15, -0.1) is 0 Å². The Morgan fingerprint density at radius 3 is 2.24 bits per heavy atom. The van der Waals surface area contributed by atoms with Gasteiger partial charge in [-0.3, -0.25) is 0 Å². The number of nitrogens with zero attached hydrogens (tertiary/aromatic N) is 1. The van der Waals surface area contributed by atoms with Crippen molar-refractivity contribution in [2.75, 3.05) is 19.4 Å². The van der Waals surface area contributed by atoms with E-state index in [1.54, 1.807) is 6.08 Å². The van der Waals surface area contributed by atoms with Gasteiger partial charge in [0.25, 0.3) is 0 Å². The van der Waals surface area contributed by atoms with Gasteiger partial charge >= 0.3 is 8.56 Å². The number of benzene rings is 1. The number of carbonyl (C=O) groups excluding carboxylic acids is 1. The van der Waals surface area contributed by atoms with E-state index in [1.165, 1.54) is 0 Å². The van der Waals surface area contributed by atoms with Crippen molar-refractivity contribution in [1.29, 1.82) is 0 Å². The molecule has 0 unspecified atom stereocenters. The Morgan fingerprint density at radius 2 is 1.76 bits per heavy atom. The van der Waals surface area contributed by atoms with E-state index in [4.69, 9.17) is 8.85 Å². The van der Waals surface area contributed by atoms with Crippen LogP contribution in [0.4, 0.5) is 0 Å². The molecule has 0 N–H and O–H groups in total. The van der Waals surface area contributed by atoms with E-state index < -0.39 is 8.56 Å². The van der Waals surface area contributed by atoms with Crippen molar-refractivity contribution in [3.05, 3.63) is 30.3 Å². The number of hydrogen-bond acceptors (Lipinski definition) is 4. The van der Waals surface area contributed by atoms with Crippen molar-refractivity contribution in [2.45, 2.75) is 13.8 Å². The van der Waals surface area contributed by atoms with Crippen LogP contribution in [0, 0.1) is 0 Å². The standard InChI is InChI=1S/C12H17NO3Si/c1-3-15-17(16-4-2,11-13-10-14)12-8-6-5-7-9-12/h5-9H,3-4,11H2,1-2H3. The van der Waals surface area contributed by atoms with Gasteiger partial charge in [0, 0.05) is 13.2 Å². The first-order valence-electron chi connectivity index (χ1n) is 5.66. The predicted octanol–water partition coefficient (Wildman–Crippen LogP) is 1.28. The molecule has 0 spiro atoms. The fraction of sp³-hybridized carbons (Fsp3) is 0.417. The zero-order valence-electron chi connectivity index (χ0n) is 10.2. The largest absolute Gasteiger partial charge is 0.395 e. The van der Waals surface area contributed by atoms with Crippen molar-refractivity contribution in [3.8, 4) is 0 Å². The molecule has 1 aromatic rings. The van der Waals surface area contributed by atoms with E-state index in [0.717, 1.165) is 5.19 Å². The Bertz CT molecular complexity index is 371. The zero-order valence-corrected chi connectivity index (χ0v) is 11.2. The predicted molar refractivity (Wildman–Crippen MR) is 68.1 cm³/mol. The summed E-state index contributed by atoms with van der Waals surface area (Å²) in [5.74, 6) is 0. The lowest BCUT2D eigenvalue weighted by molar-refractivity contribution is 0.197. The molecule has 0 heterocycles. The van der Waals surface area contributed by atoms with Crippen LogP contribution in [0.3, 0.4) is 0 Å². The van der Waals surface area contributed by atoms with Gasteiger partial charge in [-0.25, -0.2) is 9.79 Å². The molecule has 0 aliphatic heterocycles. The Morgan fingerprint density at radius 1 is 1.18 bits per heavy atom. The van der Waals surface area contributed by atoms with Crippen molar-refractivity contribution in [3.63, 3.8) is 0 Å². The fourth-order valence-electron chi connectivity index (χ4n) is 1.69. The summed E-state index contributed by atoms with van der Waals surface area (Å²) in [7, 11) is -2.62. The molecule has 4 nitrogen and oxygen atoms in total. The normalized spacial score (nSPS) is 10.9. The molecule has 1 aromatic carbocycles. The lowest BCUT2D eigenvalue weighted by atomic mass is 10.4. The van der Waals surface area contributed by atoms with Gasteiger partial charge in [0.1, 0.15) is 0 Å². The number of aliphatic imine (C=N–C) groups is 1. The fourth-order valence-corrected chi connectivity index (χ4v) is 4.37. The number of hydrogen-bond donors (Lipinski definition) is 0. The average Bonchev–Trinajstić information content (AvgIpc) is 2.37. The average molecular weight is 251 g/mol. The van der Waals surface area contributed by atoms with E-state index in [0.29, 0.717) is 13.2 Å². The van der Waals surface area contributed by atoms with Crippen LogP contribution in [0.15, 0.2) is 35.3 Å². The lowest BCUT2D eigenvalue weighted by Crippen LogP contribution is -2.57. The molecule has 92 valence electrons. The molecule has 0 bridgehead atoms. The van der Waals surface area contributed by atoms with Crippen LogP contribution in [-0.2, 0) is 13.6 Å². The molecule has 5 heteroatoms. The summed E-state index contributed by atoms with van der Waals surface area (Å²) in [6.07, 6.45) is 1.81. The van der Waals surface area contributed by atoms with Gasteiger partial charge < -0.3 is 8.85 Å². The summed E-state index contributed by atoms with van der Waals surface area (Å²) in [6.45, 7) is 4.90. The molecular formula is C12H17NO3Si. The van der Waals surface area contributed by atoms with Gasteiger partial charge in [0.15, 0.2) is 0 Å². The Balaban J connectivity index is 3.08. The smallest absolute Gasteiger partial charge is 0.390 e. The quantitative estimate of drug-likeness (QED) is 0.417. The highest BCUT2D eigenvalue weighted by Gasteiger charge is 2.39. The Labute approximate surface area is 103 Å². The summed E-state index contributed by atoms with van der Waals surface area (Å²) in [5, 5.41) is 0.989. The highest BCUT2D eigenvalue weighted by atomic mass is 28.4. The third kappa shape index (κ3) is 3.61. The molecule has 0 amide bonds. The molecule has 17 heavy (non-hydrogen) atoms. The van der Waals surface area contributed by atoms with Crippen molar-refractivity contribution >= 4 is 19.8 Å². The van der Waals surface area contributed by atoms with Crippen LogP contribution in [0.2, 0.25) is 0 Å². The summed E-state index contributed by atoms with van der Waals surface area (Å²) in [6, 6.07) is 9.71. The second kappa shape index (κ2) is 7.14. The van der Waals surface area contributed by atoms with Crippen LogP contribution >= 0.6 is 0 Å². The van der Waals surface area contributed by atoms with E-state index in [2.05, 4.69) is 4.99 Å². The van der Waals surface area contributed by atoms with Gasteiger partial charge in [-0.1, -0.05) is 30.3 Å². The molecule has 0 aliphatic carbocycles. The maximum Gasteiger partial charge on any atom is 0.395 e. The molecule has 0 fully saturated rings. The Kier molecular flexibility index (Phi) is 5.80. The lowest BCUT2D eigenvalue weighted by Gasteiger charge is -2.28. The summed E-state index contributed by atoms with van der Waals surface area (Å²) >= 11 is 0. The minimum Gasteiger partial charge on any atom is -0.390 e. The maximum absolute atomic E-state index is 10.3. The third-order valence-corrected chi connectivity index (χ3v) is 5.62. The molecule has 0 radical (unpaired) electrons. The van der Waals surface area contributed by atoms with Crippen LogP contribution in [0.25, 0.3) is 0 Å². The van der Waals surface area contributed by atoms with Crippen molar-refractivity contribution in [1.82, 2.24) is 0 Å². The molecule has 1 rings (SSSR count). The van der Waals surface area contributed by atoms with Crippen molar-refractivity contribution in [2.24, 2.45) is 4.99 Å².